The van der Waals surface area contributed by atoms with Crippen LogP contribution in [0.1, 0.15) is 36.9 Å². The first-order valence-corrected chi connectivity index (χ1v) is 10.7. The number of hydrogen-bond acceptors (Lipinski definition) is 3. The summed E-state index contributed by atoms with van der Waals surface area (Å²) in [4.78, 5) is 19.8. The lowest BCUT2D eigenvalue weighted by atomic mass is 10.0. The van der Waals surface area contributed by atoms with E-state index in [1.54, 1.807) is 0 Å². The van der Waals surface area contributed by atoms with Gasteiger partial charge >= 0.3 is 0 Å². The van der Waals surface area contributed by atoms with Crippen LogP contribution in [0.3, 0.4) is 0 Å². The smallest absolute Gasteiger partial charge is 0.223 e. The number of halogens is 1. The molecule has 1 aliphatic rings. The third-order valence-electron chi connectivity index (χ3n) is 5.81. The molecule has 2 heterocycles. The lowest BCUT2D eigenvalue weighted by Gasteiger charge is -2.31. The first-order chi connectivity index (χ1) is 14.3. The Kier molecular flexibility index (Phi) is 8.23. The molecule has 0 saturated carbocycles. The van der Waals surface area contributed by atoms with Gasteiger partial charge in [0.1, 0.15) is 0 Å². The number of carbonyl (C=O) groups is 1. The lowest BCUT2D eigenvalue weighted by molar-refractivity contribution is -0.134. The summed E-state index contributed by atoms with van der Waals surface area (Å²) < 4.78 is 0. The molecule has 4 rings (SSSR count). The summed E-state index contributed by atoms with van der Waals surface area (Å²) in [6, 6.07) is 21.1. The number of nitrogens with zero attached hydrogens (tertiary/aromatic N) is 2. The van der Waals surface area contributed by atoms with Gasteiger partial charge in [0.2, 0.25) is 5.91 Å². The summed E-state index contributed by atoms with van der Waals surface area (Å²) in [7, 11) is 0. The van der Waals surface area contributed by atoms with Gasteiger partial charge in [-0.05, 0) is 67.2 Å². The largest absolute Gasteiger partial charge is 0.334 e. The Bertz CT molecular complexity index is 939. The van der Waals surface area contributed by atoms with Crippen molar-refractivity contribution >= 4 is 29.1 Å². The number of hydrogen-bond donors (Lipinski definition) is 1. The molecule has 0 radical (unpaired) electrons. The van der Waals surface area contributed by atoms with Crippen LogP contribution in [0.2, 0.25) is 0 Å². The molecule has 1 N–H and O–H groups in total. The zero-order valence-corrected chi connectivity index (χ0v) is 18.1. The van der Waals surface area contributed by atoms with Gasteiger partial charge in [0.05, 0.1) is 12.2 Å². The quantitative estimate of drug-likeness (QED) is 0.621. The zero-order valence-electron chi connectivity index (χ0n) is 17.3. The van der Waals surface area contributed by atoms with Gasteiger partial charge in [-0.1, -0.05) is 48.5 Å². The Morgan fingerprint density at radius 1 is 1.00 bits per heavy atom. The second-order valence-corrected chi connectivity index (χ2v) is 7.86. The standard InChI is InChI=1S/C25H29N3O.ClH/c29-25(13-11-20-10-12-21-6-1-2-7-22(21)18-20)28(19-23-8-3-4-16-27-23)24-9-5-15-26-17-14-24;/h1-4,6-8,10,12,16,18,24,26H,5,9,11,13-15,17,19H2;1H. The van der Waals surface area contributed by atoms with Gasteiger partial charge in [0.15, 0.2) is 0 Å². The summed E-state index contributed by atoms with van der Waals surface area (Å²) in [5.41, 5.74) is 2.18. The second-order valence-electron chi connectivity index (χ2n) is 7.86. The van der Waals surface area contributed by atoms with Crippen LogP contribution in [-0.4, -0.2) is 34.9 Å². The Morgan fingerprint density at radius 2 is 1.83 bits per heavy atom. The minimum absolute atomic E-state index is 0. The predicted octanol–water partition coefficient (Wildman–Crippen LogP) is 4.76. The van der Waals surface area contributed by atoms with E-state index >= 15 is 0 Å². The lowest BCUT2D eigenvalue weighted by Crippen LogP contribution is -2.40. The predicted molar refractivity (Wildman–Crippen MR) is 125 cm³/mol. The number of nitrogens with one attached hydrogen (secondary N) is 1. The molecule has 0 spiro atoms. The molecule has 30 heavy (non-hydrogen) atoms. The maximum atomic E-state index is 13.3. The molecule has 1 aliphatic heterocycles. The number of fused-ring (bicyclic) bond motifs is 1. The highest BCUT2D eigenvalue weighted by atomic mass is 35.5. The highest BCUT2D eigenvalue weighted by Crippen LogP contribution is 2.20. The highest BCUT2D eigenvalue weighted by molar-refractivity contribution is 5.85. The number of benzene rings is 2. The van der Waals surface area contributed by atoms with Crippen LogP contribution in [0.5, 0.6) is 0 Å². The van der Waals surface area contributed by atoms with Crippen molar-refractivity contribution in [3.63, 3.8) is 0 Å². The Balaban J connectivity index is 0.00000256. The molecule has 158 valence electrons. The summed E-state index contributed by atoms with van der Waals surface area (Å²) in [6.45, 7) is 2.61. The van der Waals surface area contributed by atoms with Crippen molar-refractivity contribution < 1.29 is 4.79 Å². The summed E-state index contributed by atoms with van der Waals surface area (Å²) in [6.07, 6.45) is 6.29. The normalized spacial score (nSPS) is 16.5. The van der Waals surface area contributed by atoms with Crippen LogP contribution in [0.25, 0.3) is 10.8 Å². The van der Waals surface area contributed by atoms with Crippen molar-refractivity contribution in [2.24, 2.45) is 0 Å². The van der Waals surface area contributed by atoms with Crippen LogP contribution in [-0.2, 0) is 17.8 Å². The third kappa shape index (κ3) is 5.80. The van der Waals surface area contributed by atoms with Crippen LogP contribution in [0.15, 0.2) is 66.9 Å². The Hall–Kier alpha value is -2.43. The number of amides is 1. The molecule has 1 amide bonds. The SMILES string of the molecule is Cl.O=C(CCc1ccc2ccccc2c1)N(Cc1ccccn1)C1CCCNCC1. The monoisotopic (exact) mass is 423 g/mol. The van der Waals surface area contributed by atoms with Crippen molar-refractivity contribution in [3.05, 3.63) is 78.1 Å². The van der Waals surface area contributed by atoms with Gasteiger partial charge in [-0.25, -0.2) is 0 Å². The molecule has 0 bridgehead atoms. The average Bonchev–Trinajstić information content (AvgIpc) is 3.06. The molecule has 1 saturated heterocycles. The van der Waals surface area contributed by atoms with Gasteiger partial charge in [-0.15, -0.1) is 12.4 Å². The van der Waals surface area contributed by atoms with Gasteiger partial charge in [-0.2, -0.15) is 0 Å². The summed E-state index contributed by atoms with van der Waals surface area (Å²) in [5, 5.41) is 5.93. The molecule has 3 aromatic rings. The van der Waals surface area contributed by atoms with Crippen molar-refractivity contribution in [2.45, 2.75) is 44.7 Å². The fourth-order valence-electron chi connectivity index (χ4n) is 4.19. The fraction of sp³-hybridized carbons (Fsp3) is 0.360. The first kappa shape index (κ1) is 22.3. The fourth-order valence-corrected chi connectivity index (χ4v) is 4.19. The molecule has 1 unspecified atom stereocenters. The third-order valence-corrected chi connectivity index (χ3v) is 5.81. The minimum atomic E-state index is 0. The molecule has 0 aliphatic carbocycles. The molecule has 1 atom stereocenters. The van der Waals surface area contributed by atoms with Crippen molar-refractivity contribution in [2.75, 3.05) is 13.1 Å². The van der Waals surface area contributed by atoms with Crippen LogP contribution >= 0.6 is 12.4 Å². The van der Waals surface area contributed by atoms with Gasteiger partial charge in [-0.3, -0.25) is 9.78 Å². The van der Waals surface area contributed by atoms with Crippen molar-refractivity contribution in [1.82, 2.24) is 15.2 Å². The highest BCUT2D eigenvalue weighted by Gasteiger charge is 2.24. The van der Waals surface area contributed by atoms with E-state index < -0.39 is 0 Å². The molecule has 1 aromatic heterocycles. The molecule has 5 heteroatoms. The number of aromatic nitrogens is 1. The van der Waals surface area contributed by atoms with Gasteiger partial charge in [0.25, 0.3) is 0 Å². The van der Waals surface area contributed by atoms with E-state index in [1.165, 1.54) is 16.3 Å². The van der Waals surface area contributed by atoms with E-state index in [2.05, 4.69) is 57.7 Å². The molecule has 1 fully saturated rings. The van der Waals surface area contributed by atoms with E-state index in [-0.39, 0.29) is 24.4 Å². The molecule has 4 nitrogen and oxygen atoms in total. The van der Waals surface area contributed by atoms with Gasteiger partial charge < -0.3 is 10.2 Å². The van der Waals surface area contributed by atoms with Crippen LogP contribution < -0.4 is 5.32 Å². The second kappa shape index (κ2) is 11.1. The van der Waals surface area contributed by atoms with Gasteiger partial charge in [0, 0.05) is 18.7 Å². The number of pyridine rings is 1. The van der Waals surface area contributed by atoms with E-state index in [4.69, 9.17) is 0 Å². The molecule has 2 aromatic carbocycles. The minimum Gasteiger partial charge on any atom is -0.334 e. The van der Waals surface area contributed by atoms with E-state index in [0.717, 1.165) is 44.5 Å². The Labute approximate surface area is 185 Å². The van der Waals surface area contributed by atoms with E-state index in [0.29, 0.717) is 13.0 Å². The Morgan fingerprint density at radius 3 is 2.67 bits per heavy atom. The van der Waals surface area contributed by atoms with E-state index in [1.807, 2.05) is 24.4 Å². The van der Waals surface area contributed by atoms with Crippen LogP contribution in [0, 0.1) is 0 Å². The maximum Gasteiger partial charge on any atom is 0.223 e. The van der Waals surface area contributed by atoms with Crippen molar-refractivity contribution in [1.29, 1.82) is 0 Å². The maximum absolute atomic E-state index is 13.3. The average molecular weight is 424 g/mol. The van der Waals surface area contributed by atoms with Crippen molar-refractivity contribution in [3.8, 4) is 0 Å². The first-order valence-electron chi connectivity index (χ1n) is 10.7. The summed E-state index contributed by atoms with van der Waals surface area (Å²) in [5.74, 6) is 0.232. The molecular formula is C25H30ClN3O. The number of rotatable bonds is 6. The summed E-state index contributed by atoms with van der Waals surface area (Å²) >= 11 is 0. The topological polar surface area (TPSA) is 45.2 Å². The molecular weight excluding hydrogens is 394 g/mol. The van der Waals surface area contributed by atoms with Crippen LogP contribution in [0.4, 0.5) is 0 Å². The number of carbonyl (C=O) groups excluding carboxylic acids is 1. The number of aryl methyl sites for hydroxylation is 1. The van der Waals surface area contributed by atoms with E-state index in [9.17, 15) is 4.79 Å². The zero-order chi connectivity index (χ0) is 19.9.